The molecule has 14 heteroatoms. The van der Waals surface area contributed by atoms with Crippen LogP contribution in [0.1, 0.15) is 4.88 Å². The molecule has 2 N–H and O–H groups in total. The second-order valence-corrected chi connectivity index (χ2v) is 10.7. The number of rotatable bonds is 11. The highest BCUT2D eigenvalue weighted by molar-refractivity contribution is 9.10. The standard InChI is InChI=1S/C21H18BrClN6O4S2/c22-15-10-24-21(25-11-15)33-8-7-32-20-18(14-3-5-16(23)6-4-14)19(26-13-27-20)29-35(30,31)28-12-17-2-1-9-34-17/h1-6,9-11,13,28H,7-8,12H2,(H,26,27,29). The maximum atomic E-state index is 12.7. The third-order valence-electron chi connectivity index (χ3n) is 4.34. The number of nitrogens with zero attached hydrogens (tertiary/aromatic N) is 4. The fraction of sp³-hybridized carbons (Fsp3) is 0.143. The molecule has 3 heterocycles. The average Bonchev–Trinajstić information content (AvgIpc) is 3.36. The van der Waals surface area contributed by atoms with Gasteiger partial charge >= 0.3 is 16.2 Å². The lowest BCUT2D eigenvalue weighted by Gasteiger charge is -2.15. The van der Waals surface area contributed by atoms with E-state index in [1.165, 1.54) is 17.7 Å². The smallest absolute Gasteiger partial charge is 0.316 e. The van der Waals surface area contributed by atoms with E-state index >= 15 is 0 Å². The maximum absolute atomic E-state index is 12.7. The van der Waals surface area contributed by atoms with Crippen LogP contribution in [0.2, 0.25) is 5.02 Å². The topological polar surface area (TPSA) is 128 Å². The fourth-order valence-electron chi connectivity index (χ4n) is 2.82. The molecule has 0 aliphatic heterocycles. The summed E-state index contributed by atoms with van der Waals surface area (Å²) in [7, 11) is -3.94. The third-order valence-corrected chi connectivity index (χ3v) is 6.87. The zero-order chi connectivity index (χ0) is 24.7. The predicted octanol–water partition coefficient (Wildman–Crippen LogP) is 4.32. The first-order valence-corrected chi connectivity index (χ1v) is 13.6. The molecule has 1 aromatic carbocycles. The van der Waals surface area contributed by atoms with Gasteiger partial charge in [-0.2, -0.15) is 13.1 Å². The van der Waals surface area contributed by atoms with E-state index in [0.29, 0.717) is 16.1 Å². The van der Waals surface area contributed by atoms with Crippen molar-refractivity contribution in [3.05, 3.63) is 74.9 Å². The molecule has 0 saturated heterocycles. The number of halogens is 2. The van der Waals surface area contributed by atoms with Crippen molar-refractivity contribution in [1.82, 2.24) is 24.7 Å². The zero-order valence-electron chi connectivity index (χ0n) is 17.9. The number of hydrogen-bond donors (Lipinski definition) is 2. The Labute approximate surface area is 219 Å². The number of thiophene rings is 1. The zero-order valence-corrected chi connectivity index (χ0v) is 21.9. The van der Waals surface area contributed by atoms with Gasteiger partial charge in [-0.1, -0.05) is 29.8 Å². The Morgan fingerprint density at radius 1 is 1.00 bits per heavy atom. The highest BCUT2D eigenvalue weighted by Gasteiger charge is 2.20. The molecule has 0 unspecified atom stereocenters. The van der Waals surface area contributed by atoms with Crippen LogP contribution >= 0.6 is 38.9 Å². The Hall–Kier alpha value is -2.84. The first kappa shape index (κ1) is 25.3. The molecule has 0 bridgehead atoms. The Morgan fingerprint density at radius 3 is 2.46 bits per heavy atom. The van der Waals surface area contributed by atoms with E-state index in [-0.39, 0.29) is 37.5 Å². The van der Waals surface area contributed by atoms with Crippen molar-refractivity contribution in [2.24, 2.45) is 0 Å². The summed E-state index contributed by atoms with van der Waals surface area (Å²) in [5.41, 5.74) is 0.962. The summed E-state index contributed by atoms with van der Waals surface area (Å²) in [6.45, 7) is 0.377. The van der Waals surface area contributed by atoms with Gasteiger partial charge in [0, 0.05) is 28.8 Å². The minimum absolute atomic E-state index is 0.0492. The van der Waals surface area contributed by atoms with E-state index in [1.807, 2.05) is 17.5 Å². The molecule has 4 aromatic rings. The van der Waals surface area contributed by atoms with Crippen molar-refractivity contribution in [3.63, 3.8) is 0 Å². The molecular weight excluding hydrogens is 580 g/mol. The normalized spacial score (nSPS) is 11.3. The Balaban J connectivity index is 1.52. The number of ether oxygens (including phenoxy) is 2. The van der Waals surface area contributed by atoms with Gasteiger partial charge in [0.15, 0.2) is 5.82 Å². The molecule has 0 saturated carbocycles. The second kappa shape index (κ2) is 11.7. The Bertz CT molecular complexity index is 1360. The van der Waals surface area contributed by atoms with Crippen molar-refractivity contribution < 1.29 is 17.9 Å². The fourth-order valence-corrected chi connectivity index (χ4v) is 4.72. The highest BCUT2D eigenvalue weighted by atomic mass is 79.9. The summed E-state index contributed by atoms with van der Waals surface area (Å²) in [6.07, 6.45) is 4.35. The number of benzene rings is 1. The monoisotopic (exact) mass is 596 g/mol. The Kier molecular flexibility index (Phi) is 8.46. The molecule has 35 heavy (non-hydrogen) atoms. The van der Waals surface area contributed by atoms with Crippen molar-refractivity contribution in [3.8, 4) is 23.0 Å². The second-order valence-electron chi connectivity index (χ2n) is 6.80. The molecular formula is C21H18BrClN6O4S2. The van der Waals surface area contributed by atoms with Crippen LogP contribution in [0.3, 0.4) is 0 Å². The maximum Gasteiger partial charge on any atom is 0.316 e. The molecule has 0 fully saturated rings. The SMILES string of the molecule is O=S(=O)(NCc1cccs1)Nc1ncnc(OCCOc2ncc(Br)cn2)c1-c1ccc(Cl)cc1. The minimum Gasteiger partial charge on any atom is -0.473 e. The molecule has 0 aliphatic rings. The van der Waals surface area contributed by atoms with E-state index in [9.17, 15) is 8.42 Å². The van der Waals surface area contributed by atoms with Gasteiger partial charge in [-0.15, -0.1) is 11.3 Å². The van der Waals surface area contributed by atoms with E-state index in [1.54, 1.807) is 36.7 Å². The van der Waals surface area contributed by atoms with Crippen molar-refractivity contribution >= 4 is 54.9 Å². The van der Waals surface area contributed by atoms with E-state index in [2.05, 4.69) is 45.3 Å². The number of anilines is 1. The van der Waals surface area contributed by atoms with Crippen molar-refractivity contribution in [2.75, 3.05) is 17.9 Å². The summed E-state index contributed by atoms with van der Waals surface area (Å²) >= 11 is 10.7. The molecule has 182 valence electrons. The van der Waals surface area contributed by atoms with Crippen LogP contribution in [0.15, 0.2) is 65.0 Å². The molecule has 4 rings (SSSR count). The van der Waals surface area contributed by atoms with Crippen LogP contribution in [0.5, 0.6) is 11.9 Å². The van der Waals surface area contributed by atoms with Crippen molar-refractivity contribution in [1.29, 1.82) is 0 Å². The number of hydrogen-bond acceptors (Lipinski definition) is 9. The van der Waals surface area contributed by atoms with Gasteiger partial charge in [0.1, 0.15) is 19.5 Å². The van der Waals surface area contributed by atoms with Crippen LogP contribution in [0, 0.1) is 0 Å². The quantitative estimate of drug-likeness (QED) is 0.245. The summed E-state index contributed by atoms with van der Waals surface area (Å²) in [6, 6.07) is 10.7. The summed E-state index contributed by atoms with van der Waals surface area (Å²) in [5, 5.41) is 2.40. The molecule has 0 radical (unpaired) electrons. The molecule has 3 aromatic heterocycles. The van der Waals surface area contributed by atoms with Crippen LogP contribution < -0.4 is 18.9 Å². The summed E-state index contributed by atoms with van der Waals surface area (Å²) in [5.74, 6) is 0.215. The number of aromatic nitrogens is 4. The van der Waals surface area contributed by atoms with Crippen LogP contribution in [0.25, 0.3) is 11.1 Å². The number of nitrogens with one attached hydrogen (secondary N) is 2. The highest BCUT2D eigenvalue weighted by Crippen LogP contribution is 2.35. The molecule has 0 spiro atoms. The van der Waals surface area contributed by atoms with Gasteiger partial charge in [-0.3, -0.25) is 4.72 Å². The predicted molar refractivity (Wildman–Crippen MR) is 137 cm³/mol. The van der Waals surface area contributed by atoms with E-state index in [4.69, 9.17) is 21.1 Å². The van der Waals surface area contributed by atoms with Gasteiger partial charge in [-0.25, -0.2) is 19.9 Å². The van der Waals surface area contributed by atoms with E-state index < -0.39 is 10.2 Å². The lowest BCUT2D eigenvalue weighted by molar-refractivity contribution is 0.202. The van der Waals surface area contributed by atoms with Crippen LogP contribution in [0.4, 0.5) is 5.82 Å². The van der Waals surface area contributed by atoms with E-state index in [0.717, 1.165) is 9.35 Å². The van der Waals surface area contributed by atoms with Gasteiger partial charge < -0.3 is 9.47 Å². The third kappa shape index (κ3) is 7.32. The van der Waals surface area contributed by atoms with Gasteiger partial charge in [-0.05, 0) is 45.1 Å². The summed E-state index contributed by atoms with van der Waals surface area (Å²) in [4.78, 5) is 17.3. The van der Waals surface area contributed by atoms with Gasteiger partial charge in [0.25, 0.3) is 0 Å². The molecule has 0 aliphatic carbocycles. The van der Waals surface area contributed by atoms with Gasteiger partial charge in [0.2, 0.25) is 5.88 Å². The van der Waals surface area contributed by atoms with Crippen LogP contribution in [-0.4, -0.2) is 41.6 Å². The van der Waals surface area contributed by atoms with Crippen molar-refractivity contribution in [2.45, 2.75) is 6.54 Å². The lowest BCUT2D eigenvalue weighted by atomic mass is 10.1. The molecule has 0 atom stereocenters. The lowest BCUT2D eigenvalue weighted by Crippen LogP contribution is -2.30. The van der Waals surface area contributed by atoms with Crippen LogP contribution in [-0.2, 0) is 16.8 Å². The van der Waals surface area contributed by atoms with Gasteiger partial charge in [0.05, 0.1) is 10.0 Å². The minimum atomic E-state index is -3.94. The largest absolute Gasteiger partial charge is 0.473 e. The first-order chi connectivity index (χ1) is 16.9. The molecule has 0 amide bonds. The molecule has 10 nitrogen and oxygen atoms in total. The first-order valence-electron chi connectivity index (χ1n) is 10.0. The average molecular weight is 598 g/mol. The summed E-state index contributed by atoms with van der Waals surface area (Å²) < 4.78 is 42.4. The Morgan fingerprint density at radius 2 is 1.74 bits per heavy atom.